The summed E-state index contributed by atoms with van der Waals surface area (Å²) in [6, 6.07) is 12.4. The van der Waals surface area contributed by atoms with Gasteiger partial charge in [0, 0.05) is 18.2 Å². The van der Waals surface area contributed by atoms with Crippen LogP contribution in [-0.2, 0) is 20.9 Å². The van der Waals surface area contributed by atoms with Gasteiger partial charge in [-0.3, -0.25) is 10.1 Å². The zero-order chi connectivity index (χ0) is 18.2. The molecular formula is C18H15NO6. The predicted octanol–water partition coefficient (Wildman–Crippen LogP) is 3.14. The molecule has 0 aliphatic rings. The second kappa shape index (κ2) is 8.39. The molecule has 128 valence electrons. The number of esters is 2. The molecule has 0 amide bonds. The maximum atomic E-state index is 11.7. The van der Waals surface area contributed by atoms with Crippen LogP contribution in [-0.4, -0.2) is 24.0 Å². The van der Waals surface area contributed by atoms with Gasteiger partial charge in [-0.1, -0.05) is 24.3 Å². The number of hydrogen-bond donors (Lipinski definition) is 0. The molecule has 7 heteroatoms. The Morgan fingerprint density at radius 3 is 2.52 bits per heavy atom. The van der Waals surface area contributed by atoms with Crippen molar-refractivity contribution < 1.29 is 24.0 Å². The highest BCUT2D eigenvalue weighted by molar-refractivity contribution is 5.89. The number of ether oxygens (including phenoxy) is 2. The minimum atomic E-state index is -0.580. The summed E-state index contributed by atoms with van der Waals surface area (Å²) in [6.45, 7) is 0.0412. The molecule has 2 aromatic rings. The molecule has 2 aromatic carbocycles. The second-order valence-electron chi connectivity index (χ2n) is 4.98. The first-order valence-corrected chi connectivity index (χ1v) is 7.26. The van der Waals surface area contributed by atoms with Gasteiger partial charge >= 0.3 is 11.9 Å². The SMILES string of the molecule is COC(=O)c1ccc(COC(=O)/C=C/c2cccc([N+](=O)[O-])c2)cc1. The van der Waals surface area contributed by atoms with Crippen LogP contribution in [0.2, 0.25) is 0 Å². The molecule has 0 saturated carbocycles. The number of carbonyl (C=O) groups excluding carboxylic acids is 2. The Kier molecular flexibility index (Phi) is 6.00. The number of nitro benzene ring substituents is 1. The summed E-state index contributed by atoms with van der Waals surface area (Å²) in [5.74, 6) is -1.02. The van der Waals surface area contributed by atoms with Crippen molar-refractivity contribution in [2.75, 3.05) is 7.11 Å². The maximum absolute atomic E-state index is 11.7. The molecule has 0 bridgehead atoms. The first-order valence-electron chi connectivity index (χ1n) is 7.26. The monoisotopic (exact) mass is 341 g/mol. The van der Waals surface area contributed by atoms with Crippen molar-refractivity contribution in [2.24, 2.45) is 0 Å². The van der Waals surface area contributed by atoms with Gasteiger partial charge in [0.2, 0.25) is 0 Å². The largest absolute Gasteiger partial charge is 0.465 e. The number of carbonyl (C=O) groups is 2. The molecule has 0 fully saturated rings. The summed E-state index contributed by atoms with van der Waals surface area (Å²) in [7, 11) is 1.30. The third-order valence-electron chi connectivity index (χ3n) is 3.25. The topological polar surface area (TPSA) is 95.7 Å². The molecule has 0 spiro atoms. The van der Waals surface area contributed by atoms with E-state index in [1.54, 1.807) is 30.3 Å². The van der Waals surface area contributed by atoms with Crippen molar-refractivity contribution in [3.63, 3.8) is 0 Å². The number of rotatable bonds is 6. The molecular weight excluding hydrogens is 326 g/mol. The second-order valence-corrected chi connectivity index (χ2v) is 4.98. The van der Waals surface area contributed by atoms with Gasteiger partial charge in [0.05, 0.1) is 17.6 Å². The molecule has 25 heavy (non-hydrogen) atoms. The number of nitrogens with zero attached hydrogens (tertiary/aromatic N) is 1. The van der Waals surface area contributed by atoms with Crippen LogP contribution in [0.4, 0.5) is 5.69 Å². The van der Waals surface area contributed by atoms with Gasteiger partial charge in [0.1, 0.15) is 6.61 Å². The van der Waals surface area contributed by atoms with Gasteiger partial charge < -0.3 is 9.47 Å². The van der Waals surface area contributed by atoms with Crippen LogP contribution in [0.1, 0.15) is 21.5 Å². The van der Waals surface area contributed by atoms with Crippen LogP contribution in [0.15, 0.2) is 54.6 Å². The van der Waals surface area contributed by atoms with Crippen LogP contribution in [0.25, 0.3) is 6.08 Å². The van der Waals surface area contributed by atoms with Gasteiger partial charge in [-0.05, 0) is 29.3 Å². The number of methoxy groups -OCH3 is 1. The zero-order valence-electron chi connectivity index (χ0n) is 13.4. The summed E-state index contributed by atoms with van der Waals surface area (Å²) in [5, 5.41) is 10.7. The fourth-order valence-corrected chi connectivity index (χ4v) is 1.96. The van der Waals surface area contributed by atoms with Gasteiger partial charge in [0.15, 0.2) is 0 Å². The molecule has 7 nitrogen and oxygen atoms in total. The van der Waals surface area contributed by atoms with Crippen LogP contribution < -0.4 is 0 Å². The summed E-state index contributed by atoms with van der Waals surface area (Å²) in [6.07, 6.45) is 2.64. The van der Waals surface area contributed by atoms with Crippen molar-refractivity contribution in [1.29, 1.82) is 0 Å². The minimum absolute atomic E-state index is 0.0412. The normalized spacial score (nSPS) is 10.4. The smallest absolute Gasteiger partial charge is 0.337 e. The first-order chi connectivity index (χ1) is 12.0. The highest BCUT2D eigenvalue weighted by Crippen LogP contribution is 2.14. The highest BCUT2D eigenvalue weighted by atomic mass is 16.6. The highest BCUT2D eigenvalue weighted by Gasteiger charge is 2.06. The molecule has 0 saturated heterocycles. The molecule has 0 aliphatic heterocycles. The lowest BCUT2D eigenvalue weighted by Crippen LogP contribution is -2.03. The quantitative estimate of drug-likeness (QED) is 0.347. The molecule has 0 N–H and O–H groups in total. The lowest BCUT2D eigenvalue weighted by atomic mass is 10.1. The summed E-state index contributed by atoms with van der Waals surface area (Å²) in [5.41, 5.74) is 1.59. The average molecular weight is 341 g/mol. The summed E-state index contributed by atoms with van der Waals surface area (Å²) >= 11 is 0. The fourth-order valence-electron chi connectivity index (χ4n) is 1.96. The average Bonchev–Trinajstić information content (AvgIpc) is 2.64. The molecule has 0 unspecified atom stereocenters. The molecule has 0 aromatic heterocycles. The summed E-state index contributed by atoms with van der Waals surface area (Å²) < 4.78 is 9.67. The lowest BCUT2D eigenvalue weighted by Gasteiger charge is -2.04. The van der Waals surface area contributed by atoms with Gasteiger partial charge in [0.25, 0.3) is 5.69 Å². The lowest BCUT2D eigenvalue weighted by molar-refractivity contribution is -0.384. The Labute approximate surface area is 143 Å². The Morgan fingerprint density at radius 2 is 1.88 bits per heavy atom. The van der Waals surface area contributed by atoms with Crippen LogP contribution in [0.5, 0.6) is 0 Å². The Morgan fingerprint density at radius 1 is 1.16 bits per heavy atom. The van der Waals surface area contributed by atoms with E-state index in [1.807, 2.05) is 0 Å². The van der Waals surface area contributed by atoms with E-state index in [0.29, 0.717) is 16.7 Å². The Balaban J connectivity index is 1.91. The number of non-ortho nitro benzene ring substituents is 1. The van der Waals surface area contributed by atoms with Gasteiger partial charge in [-0.15, -0.1) is 0 Å². The minimum Gasteiger partial charge on any atom is -0.465 e. The van der Waals surface area contributed by atoms with Crippen molar-refractivity contribution in [2.45, 2.75) is 6.61 Å². The van der Waals surface area contributed by atoms with Gasteiger partial charge in [-0.25, -0.2) is 9.59 Å². The molecule has 2 rings (SSSR count). The van der Waals surface area contributed by atoms with Crippen LogP contribution in [0, 0.1) is 10.1 Å². The van der Waals surface area contributed by atoms with E-state index in [4.69, 9.17) is 4.74 Å². The zero-order valence-corrected chi connectivity index (χ0v) is 13.4. The van der Waals surface area contributed by atoms with E-state index in [9.17, 15) is 19.7 Å². The van der Waals surface area contributed by atoms with Crippen LogP contribution in [0.3, 0.4) is 0 Å². The number of hydrogen-bond acceptors (Lipinski definition) is 6. The van der Waals surface area contributed by atoms with Gasteiger partial charge in [-0.2, -0.15) is 0 Å². The molecule has 0 aliphatic carbocycles. The van der Waals surface area contributed by atoms with E-state index in [1.165, 1.54) is 37.5 Å². The van der Waals surface area contributed by atoms with Crippen molar-refractivity contribution >= 4 is 23.7 Å². The Hall–Kier alpha value is -3.48. The fraction of sp³-hybridized carbons (Fsp3) is 0.111. The van der Waals surface area contributed by atoms with E-state index < -0.39 is 16.9 Å². The van der Waals surface area contributed by atoms with Crippen molar-refractivity contribution in [3.8, 4) is 0 Å². The van der Waals surface area contributed by atoms with Crippen molar-refractivity contribution in [1.82, 2.24) is 0 Å². The number of nitro groups is 1. The first kappa shape index (κ1) is 17.9. The molecule has 0 heterocycles. The van der Waals surface area contributed by atoms with E-state index >= 15 is 0 Å². The van der Waals surface area contributed by atoms with E-state index in [2.05, 4.69) is 4.74 Å². The third-order valence-corrected chi connectivity index (χ3v) is 3.25. The molecule has 0 radical (unpaired) electrons. The Bertz CT molecular complexity index is 811. The van der Waals surface area contributed by atoms with E-state index in [0.717, 1.165) is 0 Å². The predicted molar refractivity (Wildman–Crippen MR) is 89.7 cm³/mol. The number of benzene rings is 2. The standard InChI is InChI=1S/C18H15NO6/c1-24-18(21)15-8-5-14(6-9-15)12-25-17(20)10-7-13-3-2-4-16(11-13)19(22)23/h2-11H,12H2,1H3/b10-7+. The third kappa shape index (κ3) is 5.28. The van der Waals surface area contributed by atoms with Crippen LogP contribution >= 0.6 is 0 Å². The maximum Gasteiger partial charge on any atom is 0.337 e. The summed E-state index contributed by atoms with van der Waals surface area (Å²) in [4.78, 5) is 33.2. The van der Waals surface area contributed by atoms with Crippen molar-refractivity contribution in [3.05, 3.63) is 81.4 Å². The molecule has 0 atom stereocenters. The van der Waals surface area contributed by atoms with E-state index in [-0.39, 0.29) is 12.3 Å².